The summed E-state index contributed by atoms with van der Waals surface area (Å²) in [6.45, 7) is 5.66. The lowest BCUT2D eigenvalue weighted by Crippen LogP contribution is -2.61. The van der Waals surface area contributed by atoms with Gasteiger partial charge in [-0.1, -0.05) is 247 Å². The maximum Gasteiger partial charge on any atom is 0.306 e. The second-order valence-electron chi connectivity index (χ2n) is 21.8. The Balaban J connectivity index is 2.66. The van der Waals surface area contributed by atoms with Crippen LogP contribution >= 0.6 is 0 Å². The summed E-state index contributed by atoms with van der Waals surface area (Å²) in [5.41, 5.74) is 0. The van der Waals surface area contributed by atoms with Crippen molar-refractivity contribution in [1.82, 2.24) is 5.32 Å². The van der Waals surface area contributed by atoms with E-state index in [1.165, 1.54) is 103 Å². The normalized spacial score (nSPS) is 19.5. The number of ether oxygens (including phenoxy) is 3. The van der Waals surface area contributed by atoms with Crippen molar-refractivity contribution in [3.05, 3.63) is 85.1 Å². The Kier molecular flexibility index (Phi) is 50.8. The third kappa shape index (κ3) is 41.8. The zero-order valence-electron chi connectivity index (χ0n) is 49.8. The minimum atomic E-state index is -1.62. The van der Waals surface area contributed by atoms with Crippen LogP contribution in [0.15, 0.2) is 85.1 Å². The van der Waals surface area contributed by atoms with Crippen LogP contribution < -0.4 is 5.32 Å². The van der Waals surface area contributed by atoms with Gasteiger partial charge >= 0.3 is 5.97 Å². The van der Waals surface area contributed by atoms with Crippen LogP contribution in [-0.2, 0) is 23.8 Å². The standard InChI is InChI=1S/C67H117NO10/c1-4-7-10-13-16-19-22-25-26-27-28-29-30-31-32-33-34-37-40-43-46-49-52-55-62(72)78-65-64(74)63(73)61(56-69)77-67(65)76-57-58(59(70)53-50-47-44-41-38-35-23-20-17-14-11-8-5-2)68-66(75)60(71)54-51-48-45-42-39-36-24-21-18-15-12-9-6-3/h7,10,16,19,25-26,28-29,31-32,39,42,50,53,58-61,63-65,67,69-71,73-74H,4-6,8-9,11-15,17-18,20-24,27,30,33-38,40-41,43-49,51-52,54-57H2,1-3H3,(H,68,75)/b10-7-,19-16-,26-25-,29-28-,32-31-,42-39-,53-50+. The molecule has 0 aliphatic carbocycles. The lowest BCUT2D eigenvalue weighted by Gasteiger charge is -2.41. The van der Waals surface area contributed by atoms with Gasteiger partial charge in [-0.2, -0.15) is 0 Å². The van der Waals surface area contributed by atoms with Crippen LogP contribution in [0.2, 0.25) is 0 Å². The molecule has 0 aromatic rings. The highest BCUT2D eigenvalue weighted by atomic mass is 16.7. The maximum absolute atomic E-state index is 13.4. The van der Waals surface area contributed by atoms with Gasteiger partial charge < -0.3 is 45.1 Å². The SMILES string of the molecule is CC/C=C\C/C=C\C/C=C\C/C=C\C/C=C\CCCCCCCCCC(=O)OC1C(OCC(NC(=O)C(O)CCCC/C=C\CCCCCCCCC)C(O)/C=C/CCCCCCCCCCCCC)OC(CO)C(O)C1O. The average Bonchev–Trinajstić information content (AvgIpc) is 3.44. The Bertz CT molecular complexity index is 1590. The summed E-state index contributed by atoms with van der Waals surface area (Å²) in [6, 6.07) is -1.04. The van der Waals surface area contributed by atoms with Gasteiger partial charge in [0.05, 0.1) is 25.4 Å². The number of aliphatic hydroxyl groups excluding tert-OH is 5. The van der Waals surface area contributed by atoms with E-state index in [-0.39, 0.29) is 19.4 Å². The van der Waals surface area contributed by atoms with Crippen LogP contribution in [0.3, 0.4) is 0 Å². The van der Waals surface area contributed by atoms with E-state index in [4.69, 9.17) is 14.2 Å². The minimum absolute atomic E-state index is 0.105. The number of carbonyl (C=O) groups is 2. The molecule has 6 N–H and O–H groups in total. The van der Waals surface area contributed by atoms with E-state index in [9.17, 15) is 35.1 Å². The monoisotopic (exact) mass is 1100 g/mol. The van der Waals surface area contributed by atoms with E-state index in [1.807, 2.05) is 6.08 Å². The van der Waals surface area contributed by atoms with Crippen LogP contribution in [0.1, 0.15) is 265 Å². The molecule has 1 aliphatic rings. The molecule has 1 saturated heterocycles. The number of hydrogen-bond donors (Lipinski definition) is 6. The Morgan fingerprint density at radius 2 is 0.923 bits per heavy atom. The minimum Gasteiger partial charge on any atom is -0.454 e. The molecule has 8 unspecified atom stereocenters. The number of hydrogen-bond acceptors (Lipinski definition) is 10. The molecule has 0 spiro atoms. The third-order valence-electron chi connectivity index (χ3n) is 14.5. The van der Waals surface area contributed by atoms with E-state index in [1.54, 1.807) is 6.08 Å². The van der Waals surface area contributed by atoms with Crippen molar-refractivity contribution in [3.63, 3.8) is 0 Å². The van der Waals surface area contributed by atoms with Gasteiger partial charge in [-0.25, -0.2) is 0 Å². The molecule has 0 aromatic carbocycles. The molecule has 11 nitrogen and oxygen atoms in total. The van der Waals surface area contributed by atoms with Crippen LogP contribution in [0.25, 0.3) is 0 Å². The first-order valence-electron chi connectivity index (χ1n) is 31.9. The second-order valence-corrected chi connectivity index (χ2v) is 21.8. The number of amides is 1. The molecule has 1 fully saturated rings. The quantitative estimate of drug-likeness (QED) is 0.0195. The van der Waals surface area contributed by atoms with Gasteiger partial charge in [-0.05, 0) is 96.3 Å². The van der Waals surface area contributed by atoms with Gasteiger partial charge in [0.25, 0.3) is 0 Å². The van der Waals surface area contributed by atoms with Gasteiger partial charge in [0.1, 0.15) is 24.4 Å². The number of unbranched alkanes of at least 4 members (excludes halogenated alkanes) is 27. The molecule has 450 valence electrons. The highest BCUT2D eigenvalue weighted by Gasteiger charge is 2.47. The van der Waals surface area contributed by atoms with Crippen LogP contribution in [0.4, 0.5) is 0 Å². The van der Waals surface area contributed by atoms with E-state index >= 15 is 0 Å². The molecule has 0 saturated carbocycles. The maximum atomic E-state index is 13.4. The molecule has 11 heteroatoms. The van der Waals surface area contributed by atoms with Gasteiger partial charge in [-0.3, -0.25) is 9.59 Å². The molecule has 0 radical (unpaired) electrons. The molecule has 0 aromatic heterocycles. The highest BCUT2D eigenvalue weighted by molar-refractivity contribution is 5.80. The molecule has 1 heterocycles. The smallest absolute Gasteiger partial charge is 0.306 e. The number of rotatable bonds is 53. The predicted octanol–water partition coefficient (Wildman–Crippen LogP) is 15.3. The Morgan fingerprint density at radius 1 is 0.513 bits per heavy atom. The van der Waals surface area contributed by atoms with Gasteiger partial charge in [-0.15, -0.1) is 0 Å². The van der Waals surface area contributed by atoms with Gasteiger partial charge in [0, 0.05) is 6.42 Å². The molecule has 8 atom stereocenters. The topological polar surface area (TPSA) is 175 Å². The van der Waals surface area contributed by atoms with Crippen molar-refractivity contribution in [2.24, 2.45) is 0 Å². The molecular weight excluding hydrogens is 979 g/mol. The van der Waals surface area contributed by atoms with E-state index < -0.39 is 67.4 Å². The molecule has 0 bridgehead atoms. The van der Waals surface area contributed by atoms with Crippen molar-refractivity contribution in [2.45, 2.75) is 314 Å². The van der Waals surface area contributed by atoms with Crippen molar-refractivity contribution in [1.29, 1.82) is 0 Å². The molecule has 78 heavy (non-hydrogen) atoms. The summed E-state index contributed by atoms with van der Waals surface area (Å²) in [6.07, 6.45) is 60.5. The highest BCUT2D eigenvalue weighted by Crippen LogP contribution is 2.26. The summed E-state index contributed by atoms with van der Waals surface area (Å²) >= 11 is 0. The molecular formula is C67H117NO10. The van der Waals surface area contributed by atoms with Crippen LogP contribution in [0, 0.1) is 0 Å². The van der Waals surface area contributed by atoms with Crippen molar-refractivity contribution in [2.75, 3.05) is 13.2 Å². The first-order chi connectivity index (χ1) is 38.2. The van der Waals surface area contributed by atoms with Crippen LogP contribution in [0.5, 0.6) is 0 Å². The summed E-state index contributed by atoms with van der Waals surface area (Å²) in [5.74, 6) is -1.22. The summed E-state index contributed by atoms with van der Waals surface area (Å²) in [5, 5.41) is 57.0. The van der Waals surface area contributed by atoms with Crippen molar-refractivity contribution < 1.29 is 49.3 Å². The van der Waals surface area contributed by atoms with Gasteiger partial charge in [0.15, 0.2) is 12.4 Å². The zero-order valence-corrected chi connectivity index (χ0v) is 49.8. The molecule has 1 aliphatic heterocycles. The fourth-order valence-electron chi connectivity index (χ4n) is 9.50. The lowest BCUT2D eigenvalue weighted by molar-refractivity contribution is -0.305. The largest absolute Gasteiger partial charge is 0.454 e. The summed E-state index contributed by atoms with van der Waals surface area (Å²) in [4.78, 5) is 26.5. The molecule has 1 rings (SSSR count). The fraction of sp³-hybridized carbons (Fsp3) is 0.761. The number of carbonyl (C=O) groups excluding carboxylic acids is 2. The fourth-order valence-corrected chi connectivity index (χ4v) is 9.50. The number of allylic oxidation sites excluding steroid dienone is 13. The van der Waals surface area contributed by atoms with E-state index in [0.29, 0.717) is 12.8 Å². The number of esters is 1. The summed E-state index contributed by atoms with van der Waals surface area (Å²) < 4.78 is 17.6. The van der Waals surface area contributed by atoms with Crippen LogP contribution in [-0.4, -0.2) is 99.6 Å². The Labute approximate surface area is 476 Å². The van der Waals surface area contributed by atoms with Gasteiger partial charge in [0.2, 0.25) is 5.91 Å². The predicted molar refractivity (Wildman–Crippen MR) is 324 cm³/mol. The van der Waals surface area contributed by atoms with E-state index in [2.05, 4.69) is 99.0 Å². The summed E-state index contributed by atoms with van der Waals surface area (Å²) in [7, 11) is 0. The van der Waals surface area contributed by atoms with E-state index in [0.717, 1.165) is 116 Å². The Hall–Kier alpha value is -3.16. The Morgan fingerprint density at radius 3 is 1.40 bits per heavy atom. The first-order valence-corrected chi connectivity index (χ1v) is 31.9. The third-order valence-corrected chi connectivity index (χ3v) is 14.5. The van der Waals surface area contributed by atoms with Crippen molar-refractivity contribution in [3.8, 4) is 0 Å². The van der Waals surface area contributed by atoms with Crippen molar-refractivity contribution >= 4 is 11.9 Å². The zero-order chi connectivity index (χ0) is 56.8. The first kappa shape index (κ1) is 72.9. The molecule has 1 amide bonds. The number of aliphatic hydroxyl groups is 5. The average molecular weight is 1100 g/mol. The second kappa shape index (κ2) is 54.4. The number of nitrogens with one attached hydrogen (secondary N) is 1. The lowest BCUT2D eigenvalue weighted by atomic mass is 9.99.